The average molecular weight is 419 g/mol. The first-order valence-corrected chi connectivity index (χ1v) is 10.9. The standard InChI is InChI=1S/C21H23ClN2O3S/c22-16-5-6-17-15(12-16)13-24(19(25)14-27-17)10-9-23-20(26)21(7-1-2-8-21)18-4-3-11-28-18/h3-6,11-12H,1-2,7-10,13-14H2,(H,23,26). The van der Waals surface area contributed by atoms with Crippen molar-refractivity contribution in [3.8, 4) is 5.75 Å². The number of carbonyl (C=O) groups excluding carboxylic acids is 2. The van der Waals surface area contributed by atoms with Crippen LogP contribution in [-0.4, -0.2) is 36.4 Å². The molecule has 2 aliphatic rings. The second-order valence-corrected chi connectivity index (χ2v) is 8.76. The molecule has 0 saturated heterocycles. The lowest BCUT2D eigenvalue weighted by Crippen LogP contribution is -2.45. The third-order valence-electron chi connectivity index (χ3n) is 5.64. The maximum atomic E-state index is 13.0. The highest BCUT2D eigenvalue weighted by Crippen LogP contribution is 2.43. The Hall–Kier alpha value is -2.05. The first-order chi connectivity index (χ1) is 13.6. The number of benzene rings is 1. The fourth-order valence-electron chi connectivity index (χ4n) is 4.13. The molecule has 1 fully saturated rings. The Bertz CT molecular complexity index is 863. The van der Waals surface area contributed by atoms with Crippen LogP contribution in [0.3, 0.4) is 0 Å². The topological polar surface area (TPSA) is 58.6 Å². The number of amides is 2. The van der Waals surface area contributed by atoms with Crippen LogP contribution < -0.4 is 10.1 Å². The van der Waals surface area contributed by atoms with E-state index in [0.717, 1.165) is 36.1 Å². The van der Waals surface area contributed by atoms with E-state index in [9.17, 15) is 9.59 Å². The Labute approximate surface area is 173 Å². The van der Waals surface area contributed by atoms with Crippen molar-refractivity contribution in [2.75, 3.05) is 19.7 Å². The first-order valence-electron chi connectivity index (χ1n) is 9.60. The van der Waals surface area contributed by atoms with Gasteiger partial charge in [0.05, 0.1) is 5.41 Å². The van der Waals surface area contributed by atoms with E-state index in [0.29, 0.717) is 30.4 Å². The van der Waals surface area contributed by atoms with Gasteiger partial charge in [0.1, 0.15) is 5.75 Å². The van der Waals surface area contributed by atoms with Gasteiger partial charge in [-0.25, -0.2) is 0 Å². The average Bonchev–Trinajstić information content (AvgIpc) is 3.36. The summed E-state index contributed by atoms with van der Waals surface area (Å²) in [6, 6.07) is 9.44. The molecule has 28 heavy (non-hydrogen) atoms. The highest BCUT2D eigenvalue weighted by atomic mass is 35.5. The summed E-state index contributed by atoms with van der Waals surface area (Å²) in [7, 11) is 0. The first kappa shape index (κ1) is 19.3. The van der Waals surface area contributed by atoms with Gasteiger partial charge in [-0.1, -0.05) is 30.5 Å². The summed E-state index contributed by atoms with van der Waals surface area (Å²) >= 11 is 7.73. The van der Waals surface area contributed by atoms with Gasteiger partial charge < -0.3 is 15.0 Å². The minimum atomic E-state index is -0.403. The SMILES string of the molecule is O=C1COc2ccc(Cl)cc2CN1CCNC(=O)C1(c2cccs2)CCCC1. The van der Waals surface area contributed by atoms with Crippen LogP contribution >= 0.6 is 22.9 Å². The molecule has 0 radical (unpaired) electrons. The van der Waals surface area contributed by atoms with Crippen LogP contribution in [0, 0.1) is 0 Å². The predicted molar refractivity (Wildman–Crippen MR) is 110 cm³/mol. The molecular weight excluding hydrogens is 396 g/mol. The van der Waals surface area contributed by atoms with Crippen molar-refractivity contribution in [3.05, 3.63) is 51.2 Å². The summed E-state index contributed by atoms with van der Waals surface area (Å²) in [6.07, 6.45) is 3.93. The van der Waals surface area contributed by atoms with E-state index in [1.54, 1.807) is 28.4 Å². The highest BCUT2D eigenvalue weighted by molar-refractivity contribution is 7.10. The molecule has 0 atom stereocenters. The molecule has 0 bridgehead atoms. The number of fused-ring (bicyclic) bond motifs is 1. The molecule has 5 nitrogen and oxygen atoms in total. The number of hydrogen-bond acceptors (Lipinski definition) is 4. The lowest BCUT2D eigenvalue weighted by Gasteiger charge is -2.27. The van der Waals surface area contributed by atoms with Crippen molar-refractivity contribution >= 4 is 34.8 Å². The number of ether oxygens (including phenoxy) is 1. The van der Waals surface area contributed by atoms with Gasteiger partial charge in [0.15, 0.2) is 6.61 Å². The number of thiophene rings is 1. The van der Waals surface area contributed by atoms with Crippen LogP contribution in [0.2, 0.25) is 5.02 Å². The maximum absolute atomic E-state index is 13.0. The molecule has 1 aliphatic heterocycles. The van der Waals surface area contributed by atoms with E-state index in [2.05, 4.69) is 11.4 Å². The van der Waals surface area contributed by atoms with Gasteiger partial charge in [0.2, 0.25) is 5.91 Å². The monoisotopic (exact) mass is 418 g/mol. The summed E-state index contributed by atoms with van der Waals surface area (Å²) in [5.41, 5.74) is 0.482. The van der Waals surface area contributed by atoms with Gasteiger partial charge in [-0.3, -0.25) is 9.59 Å². The lowest BCUT2D eigenvalue weighted by molar-refractivity contribution is -0.134. The molecule has 7 heteroatoms. The molecule has 1 saturated carbocycles. The van der Waals surface area contributed by atoms with Gasteiger partial charge in [0, 0.05) is 35.1 Å². The van der Waals surface area contributed by atoms with Gasteiger partial charge in [-0.05, 0) is 42.5 Å². The summed E-state index contributed by atoms with van der Waals surface area (Å²) in [4.78, 5) is 28.3. The van der Waals surface area contributed by atoms with Crippen LogP contribution in [0.15, 0.2) is 35.7 Å². The zero-order chi connectivity index (χ0) is 19.6. The van der Waals surface area contributed by atoms with E-state index >= 15 is 0 Å². The Morgan fingerprint density at radius 1 is 1.29 bits per heavy atom. The molecule has 0 spiro atoms. The van der Waals surface area contributed by atoms with Gasteiger partial charge in [-0.15, -0.1) is 11.3 Å². The van der Waals surface area contributed by atoms with Crippen LogP contribution in [0.1, 0.15) is 36.1 Å². The summed E-state index contributed by atoms with van der Waals surface area (Å²) in [5, 5.41) is 5.73. The minimum Gasteiger partial charge on any atom is -0.483 e. The smallest absolute Gasteiger partial charge is 0.260 e. The summed E-state index contributed by atoms with van der Waals surface area (Å²) in [5.74, 6) is 0.678. The fraction of sp³-hybridized carbons (Fsp3) is 0.429. The second-order valence-electron chi connectivity index (χ2n) is 7.38. The van der Waals surface area contributed by atoms with Crippen LogP contribution in [0.4, 0.5) is 0 Å². The molecule has 1 aromatic heterocycles. The molecule has 1 aliphatic carbocycles. The van der Waals surface area contributed by atoms with E-state index in [-0.39, 0.29) is 18.4 Å². The van der Waals surface area contributed by atoms with Crippen LogP contribution in [-0.2, 0) is 21.5 Å². The molecular formula is C21H23ClN2O3S. The fourth-order valence-corrected chi connectivity index (χ4v) is 5.31. The largest absolute Gasteiger partial charge is 0.483 e. The maximum Gasteiger partial charge on any atom is 0.260 e. The van der Waals surface area contributed by atoms with Gasteiger partial charge in [0.25, 0.3) is 5.91 Å². The van der Waals surface area contributed by atoms with Crippen molar-refractivity contribution in [1.29, 1.82) is 0 Å². The second kappa shape index (κ2) is 8.13. The zero-order valence-corrected chi connectivity index (χ0v) is 17.2. The third kappa shape index (κ3) is 3.76. The zero-order valence-electron chi connectivity index (χ0n) is 15.6. The Morgan fingerprint density at radius 2 is 2.11 bits per heavy atom. The molecule has 0 unspecified atom stereocenters. The van der Waals surface area contributed by atoms with Crippen molar-refractivity contribution in [1.82, 2.24) is 10.2 Å². The van der Waals surface area contributed by atoms with Crippen molar-refractivity contribution in [2.24, 2.45) is 0 Å². The number of rotatable bonds is 5. The van der Waals surface area contributed by atoms with Crippen LogP contribution in [0.25, 0.3) is 0 Å². The van der Waals surface area contributed by atoms with Crippen molar-refractivity contribution in [2.45, 2.75) is 37.6 Å². The predicted octanol–water partition coefficient (Wildman–Crippen LogP) is 3.75. The molecule has 4 rings (SSSR count). The molecule has 1 aromatic carbocycles. The normalized spacial score (nSPS) is 18.3. The Kier molecular flexibility index (Phi) is 5.60. The Balaban J connectivity index is 1.40. The molecule has 1 N–H and O–H groups in total. The Morgan fingerprint density at radius 3 is 2.86 bits per heavy atom. The third-order valence-corrected chi connectivity index (χ3v) is 6.95. The van der Waals surface area contributed by atoms with Crippen LogP contribution in [0.5, 0.6) is 5.75 Å². The van der Waals surface area contributed by atoms with Crippen molar-refractivity contribution < 1.29 is 14.3 Å². The molecule has 2 amide bonds. The van der Waals surface area contributed by atoms with E-state index in [1.165, 1.54) is 0 Å². The van der Waals surface area contributed by atoms with Gasteiger partial charge >= 0.3 is 0 Å². The van der Waals surface area contributed by atoms with E-state index in [1.807, 2.05) is 17.5 Å². The summed E-state index contributed by atoms with van der Waals surface area (Å²) < 4.78 is 5.58. The molecule has 148 valence electrons. The number of hydrogen-bond donors (Lipinski definition) is 1. The quantitative estimate of drug-likeness (QED) is 0.804. The highest BCUT2D eigenvalue weighted by Gasteiger charge is 2.43. The number of nitrogens with zero attached hydrogens (tertiary/aromatic N) is 1. The number of carbonyl (C=O) groups is 2. The van der Waals surface area contributed by atoms with E-state index in [4.69, 9.17) is 16.3 Å². The summed E-state index contributed by atoms with van der Waals surface area (Å²) in [6.45, 7) is 1.30. The van der Waals surface area contributed by atoms with Gasteiger partial charge in [-0.2, -0.15) is 0 Å². The van der Waals surface area contributed by atoms with Crippen molar-refractivity contribution in [3.63, 3.8) is 0 Å². The molecule has 2 aromatic rings. The van der Waals surface area contributed by atoms with E-state index < -0.39 is 5.41 Å². The number of halogens is 1. The number of nitrogens with one attached hydrogen (secondary N) is 1. The molecule has 2 heterocycles. The minimum absolute atomic E-state index is 0.00170. The lowest BCUT2D eigenvalue weighted by atomic mass is 9.83.